The molecule has 0 radical (unpaired) electrons. The standard InChI is InChI=1S/C9H14O.C8H12O2/c1-6-5-7(2)9-8(6)3-4-10-9;1-5-4-7(9)8-6(5)2-3-10-8/h3-4,6-9H,5H2,1-2H3;2-3,5-9H,4H2,1H3/t6-,7-,8+,9-;5-,6+,7-,8+/m11/s1. The number of hydrogen-bond donors (Lipinski definition) is 1. The van der Waals surface area contributed by atoms with Crippen LogP contribution in [0.2, 0.25) is 0 Å². The van der Waals surface area contributed by atoms with Crippen molar-refractivity contribution < 1.29 is 14.6 Å². The first-order valence-electron chi connectivity index (χ1n) is 7.90. The lowest BCUT2D eigenvalue weighted by Crippen LogP contribution is -2.23. The molecule has 0 saturated heterocycles. The van der Waals surface area contributed by atoms with Crippen LogP contribution in [0.3, 0.4) is 0 Å². The largest absolute Gasteiger partial charge is 0.497 e. The molecule has 112 valence electrons. The summed E-state index contributed by atoms with van der Waals surface area (Å²) >= 11 is 0. The molecule has 0 aromatic carbocycles. The summed E-state index contributed by atoms with van der Waals surface area (Å²) in [6.45, 7) is 6.77. The van der Waals surface area contributed by atoms with Crippen molar-refractivity contribution in [2.45, 2.75) is 51.9 Å². The van der Waals surface area contributed by atoms with E-state index in [4.69, 9.17) is 9.47 Å². The smallest absolute Gasteiger partial charge is 0.130 e. The zero-order valence-electron chi connectivity index (χ0n) is 12.6. The maximum atomic E-state index is 9.40. The number of hydrogen-bond acceptors (Lipinski definition) is 3. The topological polar surface area (TPSA) is 38.7 Å². The molecule has 3 nitrogen and oxygen atoms in total. The molecule has 4 aliphatic rings. The van der Waals surface area contributed by atoms with Gasteiger partial charge in [-0.2, -0.15) is 0 Å². The Morgan fingerprint density at radius 2 is 1.35 bits per heavy atom. The van der Waals surface area contributed by atoms with Crippen LogP contribution in [0.15, 0.2) is 24.7 Å². The highest BCUT2D eigenvalue weighted by molar-refractivity contribution is 5.05. The highest BCUT2D eigenvalue weighted by Crippen LogP contribution is 2.42. The fourth-order valence-corrected chi connectivity index (χ4v) is 4.29. The Hall–Kier alpha value is -0.960. The van der Waals surface area contributed by atoms with E-state index in [0.717, 1.165) is 24.2 Å². The summed E-state index contributed by atoms with van der Waals surface area (Å²) in [4.78, 5) is 0. The van der Waals surface area contributed by atoms with E-state index in [1.54, 1.807) is 6.26 Å². The number of aliphatic hydroxyl groups excluding tert-OH is 1. The average Bonchev–Trinajstić information content (AvgIpc) is 3.13. The van der Waals surface area contributed by atoms with Gasteiger partial charge in [-0.1, -0.05) is 20.8 Å². The van der Waals surface area contributed by atoms with Crippen molar-refractivity contribution in [2.24, 2.45) is 29.6 Å². The molecule has 2 aliphatic carbocycles. The molecule has 4 rings (SSSR count). The summed E-state index contributed by atoms with van der Waals surface area (Å²) in [7, 11) is 0. The number of rotatable bonds is 0. The highest BCUT2D eigenvalue weighted by atomic mass is 16.5. The van der Waals surface area contributed by atoms with E-state index < -0.39 is 0 Å². The minimum absolute atomic E-state index is 0.0648. The average molecular weight is 278 g/mol. The summed E-state index contributed by atoms with van der Waals surface area (Å²) in [5.41, 5.74) is 0. The van der Waals surface area contributed by atoms with Gasteiger partial charge in [0.05, 0.1) is 18.6 Å². The van der Waals surface area contributed by atoms with Crippen molar-refractivity contribution >= 4 is 0 Å². The van der Waals surface area contributed by atoms with Crippen LogP contribution >= 0.6 is 0 Å². The fraction of sp³-hybridized carbons (Fsp3) is 0.765. The molecule has 2 saturated carbocycles. The van der Waals surface area contributed by atoms with Crippen molar-refractivity contribution in [3.63, 3.8) is 0 Å². The Labute approximate surface area is 121 Å². The van der Waals surface area contributed by atoms with Gasteiger partial charge >= 0.3 is 0 Å². The van der Waals surface area contributed by atoms with Gasteiger partial charge in [-0.3, -0.25) is 0 Å². The molecule has 20 heavy (non-hydrogen) atoms. The van der Waals surface area contributed by atoms with E-state index in [2.05, 4.69) is 32.9 Å². The van der Waals surface area contributed by atoms with Gasteiger partial charge in [-0.15, -0.1) is 0 Å². The minimum atomic E-state index is -0.241. The normalized spacial score (nSPS) is 51.0. The van der Waals surface area contributed by atoms with Crippen LogP contribution in [-0.4, -0.2) is 23.4 Å². The first-order valence-corrected chi connectivity index (χ1v) is 7.90. The summed E-state index contributed by atoms with van der Waals surface area (Å²) in [6, 6.07) is 0. The molecule has 0 amide bonds. The molecule has 0 unspecified atom stereocenters. The van der Waals surface area contributed by atoms with Crippen LogP contribution in [0.25, 0.3) is 0 Å². The lowest BCUT2D eigenvalue weighted by molar-refractivity contribution is 0.0321. The zero-order valence-corrected chi connectivity index (χ0v) is 12.6. The quantitative estimate of drug-likeness (QED) is 0.740. The molecular weight excluding hydrogens is 252 g/mol. The monoisotopic (exact) mass is 278 g/mol. The van der Waals surface area contributed by atoms with Crippen molar-refractivity contribution in [2.75, 3.05) is 0 Å². The van der Waals surface area contributed by atoms with Gasteiger partial charge in [0.15, 0.2) is 0 Å². The van der Waals surface area contributed by atoms with Crippen LogP contribution in [0.1, 0.15) is 33.6 Å². The van der Waals surface area contributed by atoms with E-state index >= 15 is 0 Å². The van der Waals surface area contributed by atoms with Crippen LogP contribution in [0, 0.1) is 29.6 Å². The number of aliphatic hydroxyl groups is 1. The predicted molar refractivity (Wildman–Crippen MR) is 77.7 cm³/mol. The van der Waals surface area contributed by atoms with Crippen molar-refractivity contribution in [1.29, 1.82) is 0 Å². The molecule has 2 fully saturated rings. The first-order chi connectivity index (χ1) is 9.58. The molecule has 8 atom stereocenters. The number of ether oxygens (including phenoxy) is 2. The van der Waals surface area contributed by atoms with Gasteiger partial charge in [0.2, 0.25) is 0 Å². The lowest BCUT2D eigenvalue weighted by atomic mass is 9.98. The van der Waals surface area contributed by atoms with Crippen LogP contribution in [0.5, 0.6) is 0 Å². The second kappa shape index (κ2) is 5.44. The number of fused-ring (bicyclic) bond motifs is 2. The summed E-state index contributed by atoms with van der Waals surface area (Å²) in [5.74, 6) is 3.36. The molecule has 2 aliphatic heterocycles. The summed E-state index contributed by atoms with van der Waals surface area (Å²) in [6.07, 6.45) is 10.4. The Bertz CT molecular complexity index is 365. The van der Waals surface area contributed by atoms with Gasteiger partial charge in [-0.05, 0) is 42.7 Å². The highest BCUT2D eigenvalue weighted by Gasteiger charge is 2.42. The predicted octanol–water partition coefficient (Wildman–Crippen LogP) is 3.11. The summed E-state index contributed by atoms with van der Waals surface area (Å²) in [5, 5.41) is 9.40. The minimum Gasteiger partial charge on any atom is -0.497 e. The van der Waals surface area contributed by atoms with Crippen LogP contribution in [0.4, 0.5) is 0 Å². The second-order valence-corrected chi connectivity index (χ2v) is 6.98. The zero-order chi connectivity index (χ0) is 14.3. The van der Waals surface area contributed by atoms with Gasteiger partial charge in [0.1, 0.15) is 12.2 Å². The Morgan fingerprint density at radius 1 is 0.800 bits per heavy atom. The fourth-order valence-electron chi connectivity index (χ4n) is 4.29. The molecule has 3 heteroatoms. The van der Waals surface area contributed by atoms with Gasteiger partial charge < -0.3 is 14.6 Å². The van der Waals surface area contributed by atoms with E-state index in [-0.39, 0.29) is 12.2 Å². The third-order valence-electron chi connectivity index (χ3n) is 5.44. The SMILES string of the molecule is C[C@@H]1C[C@@H](C)[C@H]2OC=C[C@H]21.C[C@@H]1C[C@@H](O)[C@H]2OC=C[C@H]21. The van der Waals surface area contributed by atoms with E-state index in [1.807, 2.05) is 6.26 Å². The summed E-state index contributed by atoms with van der Waals surface area (Å²) < 4.78 is 10.7. The van der Waals surface area contributed by atoms with Gasteiger partial charge in [-0.25, -0.2) is 0 Å². The maximum absolute atomic E-state index is 9.40. The lowest BCUT2D eigenvalue weighted by Gasteiger charge is -2.13. The molecule has 0 bridgehead atoms. The molecule has 0 spiro atoms. The van der Waals surface area contributed by atoms with E-state index in [0.29, 0.717) is 17.9 Å². The Morgan fingerprint density at radius 3 is 1.95 bits per heavy atom. The Kier molecular flexibility index (Phi) is 3.80. The third kappa shape index (κ3) is 2.37. The maximum Gasteiger partial charge on any atom is 0.130 e. The second-order valence-electron chi connectivity index (χ2n) is 6.98. The Balaban J connectivity index is 0.000000121. The molecule has 1 N–H and O–H groups in total. The molecule has 2 heterocycles. The van der Waals surface area contributed by atoms with Crippen molar-refractivity contribution in [3.05, 3.63) is 24.7 Å². The van der Waals surface area contributed by atoms with Crippen LogP contribution < -0.4 is 0 Å². The van der Waals surface area contributed by atoms with Gasteiger partial charge in [0.25, 0.3) is 0 Å². The molecular formula is C17H26O3. The van der Waals surface area contributed by atoms with Crippen molar-refractivity contribution in [1.82, 2.24) is 0 Å². The molecule has 0 aromatic rings. The van der Waals surface area contributed by atoms with Crippen LogP contribution in [-0.2, 0) is 9.47 Å². The first kappa shape index (κ1) is 14.0. The van der Waals surface area contributed by atoms with E-state index in [9.17, 15) is 5.11 Å². The third-order valence-corrected chi connectivity index (χ3v) is 5.44. The van der Waals surface area contributed by atoms with Crippen molar-refractivity contribution in [3.8, 4) is 0 Å². The molecule has 0 aromatic heterocycles. The van der Waals surface area contributed by atoms with E-state index in [1.165, 1.54) is 6.42 Å². The van der Waals surface area contributed by atoms with Gasteiger partial charge in [0, 0.05) is 11.8 Å².